The van der Waals surface area contributed by atoms with E-state index in [1.165, 1.54) is 5.56 Å². The summed E-state index contributed by atoms with van der Waals surface area (Å²) in [5.74, 6) is 1.14. The van der Waals surface area contributed by atoms with Crippen LogP contribution in [0.15, 0.2) is 30.3 Å². The maximum atomic E-state index is 12.8. The van der Waals surface area contributed by atoms with Crippen molar-refractivity contribution in [3.05, 3.63) is 35.9 Å². The number of benzene rings is 1. The fourth-order valence-electron chi connectivity index (χ4n) is 3.80. The molecule has 2 unspecified atom stereocenters. The number of hydrogen-bond donors (Lipinski definition) is 0. The van der Waals surface area contributed by atoms with Gasteiger partial charge in [-0.2, -0.15) is 0 Å². The molecular weight excluding hydrogens is 234 g/mol. The molecule has 2 aliphatic rings. The molecule has 0 spiro atoms. The monoisotopic (exact) mass is 257 g/mol. The summed E-state index contributed by atoms with van der Waals surface area (Å²) < 4.78 is 0. The van der Waals surface area contributed by atoms with E-state index >= 15 is 0 Å². The fraction of sp³-hybridized carbons (Fsp3) is 0.588. The van der Waals surface area contributed by atoms with E-state index in [9.17, 15) is 4.79 Å². The van der Waals surface area contributed by atoms with Crippen molar-refractivity contribution in [2.75, 3.05) is 6.54 Å². The lowest BCUT2D eigenvalue weighted by atomic mass is 9.70. The Kier molecular flexibility index (Phi) is 3.22. The van der Waals surface area contributed by atoms with E-state index in [4.69, 9.17) is 0 Å². The summed E-state index contributed by atoms with van der Waals surface area (Å²) in [5, 5.41) is 0. The van der Waals surface area contributed by atoms with E-state index < -0.39 is 0 Å². The van der Waals surface area contributed by atoms with Gasteiger partial charge in [0, 0.05) is 19.0 Å². The van der Waals surface area contributed by atoms with Crippen molar-refractivity contribution in [1.29, 1.82) is 0 Å². The van der Waals surface area contributed by atoms with Crippen LogP contribution in [0, 0.1) is 5.92 Å². The molecule has 1 aliphatic carbocycles. The first-order valence-corrected chi connectivity index (χ1v) is 7.52. The summed E-state index contributed by atoms with van der Waals surface area (Å²) in [6, 6.07) is 11.0. The van der Waals surface area contributed by atoms with Crippen LogP contribution in [-0.2, 0) is 10.3 Å². The van der Waals surface area contributed by atoms with Crippen LogP contribution in [0.1, 0.15) is 45.1 Å². The summed E-state index contributed by atoms with van der Waals surface area (Å²) in [4.78, 5) is 15.2. The molecule has 0 radical (unpaired) electrons. The first-order chi connectivity index (χ1) is 9.16. The fourth-order valence-corrected chi connectivity index (χ4v) is 3.80. The van der Waals surface area contributed by atoms with Crippen molar-refractivity contribution < 1.29 is 4.79 Å². The minimum Gasteiger partial charge on any atom is -0.297 e. The van der Waals surface area contributed by atoms with Crippen LogP contribution < -0.4 is 0 Å². The van der Waals surface area contributed by atoms with Crippen LogP contribution in [0.25, 0.3) is 0 Å². The van der Waals surface area contributed by atoms with Crippen molar-refractivity contribution in [3.63, 3.8) is 0 Å². The topological polar surface area (TPSA) is 20.3 Å². The molecule has 1 heterocycles. The predicted molar refractivity (Wildman–Crippen MR) is 76.9 cm³/mol. The Balaban J connectivity index is 2.03. The second-order valence-electron chi connectivity index (χ2n) is 6.23. The zero-order valence-corrected chi connectivity index (χ0v) is 11.9. The van der Waals surface area contributed by atoms with Gasteiger partial charge in [-0.15, -0.1) is 0 Å². The van der Waals surface area contributed by atoms with E-state index in [-0.39, 0.29) is 5.54 Å². The number of carbonyl (C=O) groups excluding carboxylic acids is 1. The maximum Gasteiger partial charge on any atom is 0.157 e. The third-order valence-corrected chi connectivity index (χ3v) is 5.20. The van der Waals surface area contributed by atoms with E-state index in [1.54, 1.807) is 0 Å². The van der Waals surface area contributed by atoms with Gasteiger partial charge >= 0.3 is 0 Å². The second-order valence-corrected chi connectivity index (χ2v) is 6.23. The molecule has 19 heavy (non-hydrogen) atoms. The number of carbonyl (C=O) groups is 1. The van der Waals surface area contributed by atoms with Crippen LogP contribution >= 0.6 is 0 Å². The zero-order chi connectivity index (χ0) is 13.5. The van der Waals surface area contributed by atoms with Crippen LogP contribution in [-0.4, -0.2) is 23.3 Å². The quantitative estimate of drug-likeness (QED) is 0.809. The van der Waals surface area contributed by atoms with Gasteiger partial charge in [0.15, 0.2) is 5.78 Å². The second kappa shape index (κ2) is 4.75. The summed E-state index contributed by atoms with van der Waals surface area (Å²) in [7, 11) is 0. The van der Waals surface area contributed by atoms with Crippen molar-refractivity contribution in [1.82, 2.24) is 4.90 Å². The van der Waals surface area contributed by atoms with Crippen LogP contribution in [0.2, 0.25) is 0 Å². The molecule has 0 amide bonds. The highest BCUT2D eigenvalue weighted by atomic mass is 16.1. The third kappa shape index (κ3) is 1.85. The summed E-state index contributed by atoms with van der Waals surface area (Å²) >= 11 is 0. The molecule has 1 aromatic rings. The van der Waals surface area contributed by atoms with Crippen molar-refractivity contribution >= 4 is 5.78 Å². The summed E-state index contributed by atoms with van der Waals surface area (Å²) in [6.07, 6.45) is 3.96. The van der Waals surface area contributed by atoms with E-state index in [1.807, 2.05) is 6.07 Å². The molecule has 1 saturated carbocycles. The number of nitrogens with zero attached hydrogens (tertiary/aromatic N) is 1. The Hall–Kier alpha value is -1.15. The highest BCUT2D eigenvalue weighted by molar-refractivity contribution is 5.90. The van der Waals surface area contributed by atoms with Crippen LogP contribution in [0.3, 0.4) is 0 Å². The van der Waals surface area contributed by atoms with Crippen molar-refractivity contribution in [3.8, 4) is 0 Å². The largest absolute Gasteiger partial charge is 0.297 e. The minimum absolute atomic E-state index is 0.328. The van der Waals surface area contributed by atoms with Gasteiger partial charge in [0.25, 0.3) is 0 Å². The summed E-state index contributed by atoms with van der Waals surface area (Å²) in [6.45, 7) is 5.61. The Morgan fingerprint density at radius 1 is 1.16 bits per heavy atom. The molecule has 2 heteroatoms. The first-order valence-electron chi connectivity index (χ1n) is 7.52. The molecule has 2 fully saturated rings. The van der Waals surface area contributed by atoms with Gasteiger partial charge in [-0.1, -0.05) is 43.7 Å². The Labute approximate surface area is 115 Å². The standard InChI is InChI=1S/C17H23NO/c1-13-12-18(14(13)2)17(11-7-6-10-16(17)19)15-8-4-3-5-9-15/h3-5,8-9,13-14H,6-7,10-12H2,1-2H3/t13?,14?,17-/m1/s1. The predicted octanol–water partition coefficient (Wildman–Crippen LogP) is 3.37. The molecule has 1 aromatic carbocycles. The average molecular weight is 257 g/mol. The van der Waals surface area contributed by atoms with Gasteiger partial charge in [-0.25, -0.2) is 0 Å². The Bertz CT molecular complexity index is 469. The molecule has 0 aromatic heterocycles. The molecule has 3 rings (SSSR count). The Morgan fingerprint density at radius 2 is 1.89 bits per heavy atom. The number of Topliss-reactive ketones (excluding diaryl/α,β-unsaturated/α-hetero) is 1. The minimum atomic E-state index is -0.328. The van der Waals surface area contributed by atoms with Crippen molar-refractivity contribution in [2.24, 2.45) is 5.92 Å². The number of rotatable bonds is 2. The highest BCUT2D eigenvalue weighted by Gasteiger charge is 2.52. The third-order valence-electron chi connectivity index (χ3n) is 5.20. The molecule has 1 saturated heterocycles. The normalized spacial score (nSPS) is 36.0. The maximum absolute atomic E-state index is 12.8. The van der Waals surface area contributed by atoms with Gasteiger partial charge in [0.1, 0.15) is 5.54 Å². The van der Waals surface area contributed by atoms with Crippen molar-refractivity contribution in [2.45, 2.75) is 51.1 Å². The van der Waals surface area contributed by atoms with Gasteiger partial charge in [0.2, 0.25) is 0 Å². The smallest absolute Gasteiger partial charge is 0.157 e. The van der Waals surface area contributed by atoms with Gasteiger partial charge in [-0.3, -0.25) is 9.69 Å². The molecular formula is C17H23NO. The van der Waals surface area contributed by atoms with Gasteiger partial charge in [-0.05, 0) is 31.2 Å². The molecule has 0 bridgehead atoms. The summed E-state index contributed by atoms with van der Waals surface area (Å²) in [5.41, 5.74) is 0.879. The number of hydrogen-bond acceptors (Lipinski definition) is 2. The Morgan fingerprint density at radius 3 is 2.47 bits per heavy atom. The molecule has 102 valence electrons. The lowest BCUT2D eigenvalue weighted by Crippen LogP contribution is -2.66. The van der Waals surface area contributed by atoms with Crippen LogP contribution in [0.4, 0.5) is 0 Å². The SMILES string of the molecule is CC1CN([C@@]2(c3ccccc3)CCCCC2=O)C1C. The van der Waals surface area contributed by atoms with Gasteiger partial charge < -0.3 is 0 Å². The average Bonchev–Trinajstić information content (AvgIpc) is 2.46. The van der Waals surface area contributed by atoms with E-state index in [0.29, 0.717) is 17.7 Å². The molecule has 2 nitrogen and oxygen atoms in total. The lowest BCUT2D eigenvalue weighted by Gasteiger charge is -2.57. The molecule has 0 N–H and O–H groups in total. The molecule has 1 aliphatic heterocycles. The number of likely N-dealkylation sites (tertiary alicyclic amines) is 1. The number of ketones is 1. The van der Waals surface area contributed by atoms with Crippen LogP contribution in [0.5, 0.6) is 0 Å². The lowest BCUT2D eigenvalue weighted by molar-refractivity contribution is -0.148. The van der Waals surface area contributed by atoms with E-state index in [2.05, 4.69) is 43.0 Å². The zero-order valence-electron chi connectivity index (χ0n) is 11.9. The first kappa shape index (κ1) is 12.9. The van der Waals surface area contributed by atoms with E-state index in [0.717, 1.165) is 32.2 Å². The highest BCUT2D eigenvalue weighted by Crippen LogP contribution is 2.45. The van der Waals surface area contributed by atoms with Gasteiger partial charge in [0.05, 0.1) is 0 Å². The molecule has 3 atom stereocenters.